The topological polar surface area (TPSA) is 74.5 Å². The number of ether oxygens (including phenoxy) is 2. The minimum absolute atomic E-state index is 0.115. The second kappa shape index (κ2) is 8.07. The fraction of sp³-hybridized carbons (Fsp3) is 0.235. The smallest absolute Gasteiger partial charge is 0.361 e. The fourth-order valence-corrected chi connectivity index (χ4v) is 3.46. The molecule has 0 spiro atoms. The normalized spacial score (nSPS) is 10.8. The van der Waals surface area contributed by atoms with Crippen molar-refractivity contribution < 1.29 is 18.8 Å². The maximum atomic E-state index is 12.0. The minimum atomic E-state index is -0.543. The van der Waals surface area contributed by atoms with E-state index in [1.165, 1.54) is 11.3 Å². The van der Waals surface area contributed by atoms with Crippen molar-refractivity contribution in [1.29, 1.82) is 0 Å². The number of rotatable bonds is 6. The summed E-state index contributed by atoms with van der Waals surface area (Å²) in [5.41, 5.74) is 1.22. The predicted molar refractivity (Wildman–Crippen MR) is 99.1 cm³/mol. The Labute approximate surface area is 163 Å². The van der Waals surface area contributed by atoms with E-state index in [2.05, 4.69) is 10.1 Å². The number of hydrogen-bond donors (Lipinski definition) is 0. The fourth-order valence-electron chi connectivity index (χ4n) is 2.26. The summed E-state index contributed by atoms with van der Waals surface area (Å²) in [6.45, 7) is 3.93. The molecule has 6 nitrogen and oxygen atoms in total. The van der Waals surface area contributed by atoms with Crippen molar-refractivity contribution in [2.45, 2.75) is 20.5 Å². The molecule has 0 saturated carbocycles. The molecule has 9 heteroatoms. The van der Waals surface area contributed by atoms with Gasteiger partial charge in [-0.05, 0) is 32.0 Å². The van der Waals surface area contributed by atoms with Crippen LogP contribution >= 0.6 is 34.5 Å². The third-order valence-electron chi connectivity index (χ3n) is 3.34. The Morgan fingerprint density at radius 3 is 2.69 bits per heavy atom. The van der Waals surface area contributed by atoms with Crippen LogP contribution in [0.5, 0.6) is 5.75 Å². The van der Waals surface area contributed by atoms with Crippen molar-refractivity contribution in [3.63, 3.8) is 0 Å². The van der Waals surface area contributed by atoms with Crippen LogP contribution in [0.3, 0.4) is 0 Å². The van der Waals surface area contributed by atoms with E-state index in [-0.39, 0.29) is 18.9 Å². The molecule has 0 fully saturated rings. The molecule has 0 aliphatic rings. The van der Waals surface area contributed by atoms with E-state index in [0.717, 1.165) is 0 Å². The molecule has 0 aliphatic carbocycles. The summed E-state index contributed by atoms with van der Waals surface area (Å²) in [6.07, 6.45) is 0. The standard InChI is InChI=1S/C17H14Cl2N2O4S/c1-3-23-17(22)16-15(9(2)25-21-16)13-8-26-14(20-13)7-24-12-5-10(18)4-11(19)6-12/h4-6,8H,3,7H2,1-2H3. The average Bonchev–Trinajstić information content (AvgIpc) is 3.18. The number of benzene rings is 1. The molecule has 0 aliphatic heterocycles. The monoisotopic (exact) mass is 412 g/mol. The lowest BCUT2D eigenvalue weighted by Crippen LogP contribution is -2.06. The Hall–Kier alpha value is -2.09. The maximum Gasteiger partial charge on any atom is 0.361 e. The molecule has 0 radical (unpaired) electrons. The van der Waals surface area contributed by atoms with Crippen LogP contribution in [0.15, 0.2) is 28.1 Å². The summed E-state index contributed by atoms with van der Waals surface area (Å²) in [5, 5.41) is 7.30. The van der Waals surface area contributed by atoms with Gasteiger partial charge in [0.25, 0.3) is 0 Å². The van der Waals surface area contributed by atoms with Gasteiger partial charge < -0.3 is 14.0 Å². The highest BCUT2D eigenvalue weighted by Crippen LogP contribution is 2.30. The molecule has 0 saturated heterocycles. The summed E-state index contributed by atoms with van der Waals surface area (Å²) in [6, 6.07) is 4.97. The first-order chi connectivity index (χ1) is 12.5. The molecule has 0 N–H and O–H groups in total. The zero-order chi connectivity index (χ0) is 18.7. The van der Waals surface area contributed by atoms with Crippen LogP contribution in [0.1, 0.15) is 28.2 Å². The summed E-state index contributed by atoms with van der Waals surface area (Å²) >= 11 is 13.3. The summed E-state index contributed by atoms with van der Waals surface area (Å²) in [4.78, 5) is 16.5. The molecule has 0 bridgehead atoms. The van der Waals surface area contributed by atoms with Gasteiger partial charge in [-0.1, -0.05) is 28.4 Å². The van der Waals surface area contributed by atoms with Gasteiger partial charge in [-0.3, -0.25) is 0 Å². The number of hydrogen-bond acceptors (Lipinski definition) is 7. The molecule has 136 valence electrons. The molecule has 0 unspecified atom stereocenters. The van der Waals surface area contributed by atoms with Gasteiger partial charge in [0.05, 0.1) is 17.9 Å². The summed E-state index contributed by atoms with van der Waals surface area (Å²) in [7, 11) is 0. The quantitative estimate of drug-likeness (QED) is 0.519. The number of esters is 1. The zero-order valence-corrected chi connectivity index (χ0v) is 16.2. The molecular formula is C17H14Cl2N2O4S. The first-order valence-electron chi connectivity index (χ1n) is 7.65. The molecule has 2 heterocycles. The van der Waals surface area contributed by atoms with Crippen LogP contribution in [0.25, 0.3) is 11.3 Å². The third-order valence-corrected chi connectivity index (χ3v) is 4.60. The molecule has 3 aromatic rings. The van der Waals surface area contributed by atoms with Crippen LogP contribution < -0.4 is 4.74 Å². The van der Waals surface area contributed by atoms with Gasteiger partial charge in [0.15, 0.2) is 0 Å². The van der Waals surface area contributed by atoms with Crippen molar-refractivity contribution in [3.05, 3.63) is 50.1 Å². The number of carbonyl (C=O) groups excluding carboxylic acids is 1. The Morgan fingerprint density at radius 2 is 2.00 bits per heavy atom. The molecule has 0 atom stereocenters. The average molecular weight is 413 g/mol. The van der Waals surface area contributed by atoms with E-state index in [1.54, 1.807) is 32.0 Å². The highest BCUT2D eigenvalue weighted by Gasteiger charge is 2.24. The second-order valence-corrected chi connectivity index (χ2v) is 7.02. The first kappa shape index (κ1) is 18.7. The lowest BCUT2D eigenvalue weighted by molar-refractivity contribution is 0.0515. The highest BCUT2D eigenvalue weighted by molar-refractivity contribution is 7.09. The number of thiazole rings is 1. The number of aromatic nitrogens is 2. The van der Waals surface area contributed by atoms with Crippen molar-refractivity contribution in [3.8, 4) is 17.0 Å². The molecule has 26 heavy (non-hydrogen) atoms. The lowest BCUT2D eigenvalue weighted by atomic mass is 10.1. The maximum absolute atomic E-state index is 12.0. The van der Waals surface area contributed by atoms with E-state index in [0.29, 0.717) is 37.8 Å². The predicted octanol–water partition coefficient (Wildman–Crippen LogP) is 5.17. The van der Waals surface area contributed by atoms with E-state index in [4.69, 9.17) is 37.2 Å². The van der Waals surface area contributed by atoms with Gasteiger partial charge in [-0.25, -0.2) is 9.78 Å². The Bertz CT molecular complexity index is 918. The van der Waals surface area contributed by atoms with Gasteiger partial charge in [0, 0.05) is 15.4 Å². The minimum Gasteiger partial charge on any atom is -0.486 e. The molecular weight excluding hydrogens is 399 g/mol. The van der Waals surface area contributed by atoms with Crippen molar-refractivity contribution in [2.24, 2.45) is 0 Å². The Balaban J connectivity index is 1.78. The van der Waals surface area contributed by atoms with E-state index in [9.17, 15) is 4.79 Å². The van der Waals surface area contributed by atoms with Crippen LogP contribution in [-0.2, 0) is 11.3 Å². The highest BCUT2D eigenvalue weighted by atomic mass is 35.5. The van der Waals surface area contributed by atoms with Crippen molar-refractivity contribution in [2.75, 3.05) is 6.61 Å². The van der Waals surface area contributed by atoms with E-state index >= 15 is 0 Å². The largest absolute Gasteiger partial charge is 0.486 e. The molecule has 0 amide bonds. The Kier molecular flexibility index (Phi) is 5.80. The van der Waals surface area contributed by atoms with Crippen LogP contribution in [0, 0.1) is 6.92 Å². The lowest BCUT2D eigenvalue weighted by Gasteiger charge is -2.05. The number of aryl methyl sites for hydroxylation is 1. The van der Waals surface area contributed by atoms with Crippen LogP contribution in [-0.4, -0.2) is 22.7 Å². The molecule has 1 aromatic carbocycles. The molecule has 2 aromatic heterocycles. The number of halogens is 2. The number of nitrogens with zero attached hydrogens (tertiary/aromatic N) is 2. The summed E-state index contributed by atoms with van der Waals surface area (Å²) in [5.74, 6) is 0.499. The summed E-state index contributed by atoms with van der Waals surface area (Å²) < 4.78 is 15.8. The van der Waals surface area contributed by atoms with Gasteiger partial charge in [0.1, 0.15) is 23.1 Å². The van der Waals surface area contributed by atoms with Crippen molar-refractivity contribution in [1.82, 2.24) is 10.1 Å². The van der Waals surface area contributed by atoms with Crippen molar-refractivity contribution >= 4 is 40.5 Å². The van der Waals surface area contributed by atoms with E-state index in [1.807, 2.05) is 5.38 Å². The van der Waals surface area contributed by atoms with Gasteiger partial charge in [-0.15, -0.1) is 11.3 Å². The first-order valence-corrected chi connectivity index (χ1v) is 9.28. The van der Waals surface area contributed by atoms with Crippen LogP contribution in [0.2, 0.25) is 10.0 Å². The Morgan fingerprint density at radius 1 is 1.27 bits per heavy atom. The van der Waals surface area contributed by atoms with E-state index < -0.39 is 5.97 Å². The van der Waals surface area contributed by atoms with Gasteiger partial charge >= 0.3 is 5.97 Å². The third kappa shape index (κ3) is 4.17. The number of carbonyl (C=O) groups is 1. The SMILES string of the molecule is CCOC(=O)c1noc(C)c1-c1csc(COc2cc(Cl)cc(Cl)c2)n1. The van der Waals surface area contributed by atoms with Gasteiger partial charge in [0.2, 0.25) is 5.69 Å². The second-order valence-electron chi connectivity index (χ2n) is 5.20. The zero-order valence-electron chi connectivity index (χ0n) is 13.9. The van der Waals surface area contributed by atoms with Crippen LogP contribution in [0.4, 0.5) is 0 Å². The van der Waals surface area contributed by atoms with Gasteiger partial charge in [-0.2, -0.15) is 0 Å². The molecule has 3 rings (SSSR count).